The minimum atomic E-state index is -5.04. The highest BCUT2D eigenvalue weighted by atomic mass is 127. The summed E-state index contributed by atoms with van der Waals surface area (Å²) >= 11 is 0. The van der Waals surface area contributed by atoms with Gasteiger partial charge in [-0.1, -0.05) is 12.2 Å². The van der Waals surface area contributed by atoms with Crippen molar-refractivity contribution in [3.8, 4) is 0 Å². The Morgan fingerprint density at radius 3 is 2.11 bits per heavy atom. The molecule has 4 N–H and O–H groups in total. The molecule has 1 aliphatic heterocycles. The Bertz CT molecular complexity index is 549. The van der Waals surface area contributed by atoms with Crippen LogP contribution in [0.5, 0.6) is 0 Å². The van der Waals surface area contributed by atoms with Gasteiger partial charge in [-0.2, -0.15) is 0 Å². The summed E-state index contributed by atoms with van der Waals surface area (Å²) in [4.78, 5) is 36.4. The molecule has 0 saturated carbocycles. The zero-order valence-electron chi connectivity index (χ0n) is 9.87. The van der Waals surface area contributed by atoms with E-state index in [1.165, 1.54) is 0 Å². The summed E-state index contributed by atoms with van der Waals surface area (Å²) in [5.74, 6) is 0. The second-order valence-electron chi connectivity index (χ2n) is 4.28. The van der Waals surface area contributed by atoms with E-state index in [-0.39, 0.29) is 24.0 Å². The fourth-order valence-electron chi connectivity index (χ4n) is 2.04. The first-order valence-corrected chi connectivity index (χ1v) is 8.26. The number of hydrogen-bond donors (Lipinski definition) is 4. The van der Waals surface area contributed by atoms with Gasteiger partial charge < -0.3 is 24.5 Å². The van der Waals surface area contributed by atoms with Crippen LogP contribution in [0, 0.1) is 0 Å². The van der Waals surface area contributed by atoms with E-state index in [2.05, 4.69) is 0 Å². The molecule has 0 aromatic rings. The van der Waals surface area contributed by atoms with E-state index in [0.29, 0.717) is 17.8 Å². The number of halogens is 1. The fraction of sp³-hybridized carbons (Fsp3) is 0.333. The number of rotatable bonds is 2. The van der Waals surface area contributed by atoms with Crippen LogP contribution in [0.15, 0.2) is 35.6 Å². The lowest BCUT2D eigenvalue weighted by molar-refractivity contribution is 0.333. The van der Waals surface area contributed by atoms with E-state index in [1.54, 1.807) is 24.1 Å². The molecule has 1 heterocycles. The van der Waals surface area contributed by atoms with Gasteiger partial charge in [0.15, 0.2) is 0 Å². The molecule has 0 atom stereocenters. The first-order chi connectivity index (χ1) is 8.08. The molecule has 2 aliphatic rings. The van der Waals surface area contributed by atoms with Crippen molar-refractivity contribution in [1.82, 2.24) is 4.90 Å². The van der Waals surface area contributed by atoms with Gasteiger partial charge >= 0.3 is 15.2 Å². The first kappa shape index (κ1) is 17.1. The summed E-state index contributed by atoms with van der Waals surface area (Å²) in [6, 6.07) is 0. The number of nitrogens with zero attached hydrogens (tertiary/aromatic N) is 1. The van der Waals surface area contributed by atoms with Crippen molar-refractivity contribution in [1.29, 1.82) is 0 Å². The molecule has 0 aromatic heterocycles. The van der Waals surface area contributed by atoms with Gasteiger partial charge in [-0.25, -0.2) is 0 Å². The van der Waals surface area contributed by atoms with Crippen LogP contribution in [0.2, 0.25) is 0 Å². The highest BCUT2D eigenvalue weighted by Crippen LogP contribution is 2.72. The standard InChI is InChI=1S/C9H13NO6P2.HI/c1-10-4-2-3-7-5-9(6-8(7)10,17(11,12)13)18(14,15)16;/h2-3,5-6H,4H2,1H3,(H2,11,12,13)(H2,14,15,16);1H. The van der Waals surface area contributed by atoms with Crippen LogP contribution >= 0.6 is 39.2 Å². The summed E-state index contributed by atoms with van der Waals surface area (Å²) in [7, 11) is -8.41. The smallest absolute Gasteiger partial charge is 0.351 e. The molecule has 0 radical (unpaired) electrons. The molecular formula is C9H14INO6P2. The Morgan fingerprint density at radius 1 is 1.16 bits per heavy atom. The summed E-state index contributed by atoms with van der Waals surface area (Å²) in [5.41, 5.74) is 0.833. The largest absolute Gasteiger partial charge is 0.371 e. The summed E-state index contributed by atoms with van der Waals surface area (Å²) in [5, 5.41) is 0. The van der Waals surface area contributed by atoms with E-state index in [1.807, 2.05) is 0 Å². The number of likely N-dealkylation sites (N-methyl/N-ethyl adjacent to an activating group) is 1. The minimum absolute atomic E-state index is 0. The fourth-order valence-corrected chi connectivity index (χ4v) is 4.59. The monoisotopic (exact) mass is 421 g/mol. The van der Waals surface area contributed by atoms with Gasteiger partial charge in [0.2, 0.25) is 4.90 Å². The Morgan fingerprint density at radius 2 is 1.68 bits per heavy atom. The molecule has 0 unspecified atom stereocenters. The zero-order chi connectivity index (χ0) is 13.8. The van der Waals surface area contributed by atoms with Gasteiger partial charge in [0, 0.05) is 19.3 Å². The molecule has 7 nitrogen and oxygen atoms in total. The van der Waals surface area contributed by atoms with Gasteiger partial charge in [-0.15, -0.1) is 24.0 Å². The highest BCUT2D eigenvalue weighted by Gasteiger charge is 2.60. The van der Waals surface area contributed by atoms with Crippen LogP contribution in [0.4, 0.5) is 0 Å². The Kier molecular flexibility index (Phi) is 4.60. The molecule has 0 aromatic carbocycles. The third-order valence-corrected chi connectivity index (χ3v) is 6.98. The quantitative estimate of drug-likeness (QED) is 0.388. The second kappa shape index (κ2) is 5.11. The first-order valence-electron chi connectivity index (χ1n) is 5.03. The van der Waals surface area contributed by atoms with Crippen molar-refractivity contribution in [2.45, 2.75) is 4.90 Å². The maximum atomic E-state index is 11.5. The third kappa shape index (κ3) is 2.63. The molecule has 0 spiro atoms. The lowest BCUT2D eigenvalue weighted by atomic mass is 10.1. The molecule has 1 aliphatic carbocycles. The Balaban J connectivity index is 0.00000180. The Labute approximate surface area is 127 Å². The van der Waals surface area contributed by atoms with Crippen LogP contribution in [0.1, 0.15) is 0 Å². The molecule has 0 saturated heterocycles. The van der Waals surface area contributed by atoms with E-state index < -0.39 is 20.1 Å². The molecular weight excluding hydrogens is 407 g/mol. The van der Waals surface area contributed by atoms with Crippen molar-refractivity contribution in [2.75, 3.05) is 13.6 Å². The van der Waals surface area contributed by atoms with E-state index in [0.717, 1.165) is 12.2 Å². The van der Waals surface area contributed by atoms with Crippen molar-refractivity contribution in [2.24, 2.45) is 0 Å². The molecule has 0 fully saturated rings. The summed E-state index contributed by atoms with van der Waals surface area (Å²) < 4.78 is 23.0. The van der Waals surface area contributed by atoms with Crippen molar-refractivity contribution >= 4 is 39.2 Å². The van der Waals surface area contributed by atoms with Crippen LogP contribution in [-0.4, -0.2) is 43.0 Å². The third-order valence-electron chi connectivity index (χ3n) is 3.03. The molecule has 19 heavy (non-hydrogen) atoms. The van der Waals surface area contributed by atoms with Crippen LogP contribution in [0.25, 0.3) is 0 Å². The molecule has 2 rings (SSSR count). The van der Waals surface area contributed by atoms with Crippen LogP contribution in [-0.2, 0) is 9.13 Å². The number of allylic oxidation sites excluding steroid dienone is 3. The van der Waals surface area contributed by atoms with Crippen molar-refractivity contribution in [3.05, 3.63) is 35.6 Å². The lowest BCUT2D eigenvalue weighted by Gasteiger charge is -2.27. The summed E-state index contributed by atoms with van der Waals surface area (Å²) in [6.45, 7) is 0.515. The number of hydrogen-bond acceptors (Lipinski definition) is 3. The minimum Gasteiger partial charge on any atom is -0.371 e. The SMILES string of the molecule is CN1CC=CC2=CC(P(=O)(O)O)(P(=O)(O)O)C=C21.I. The normalized spacial score (nSPS) is 21.4. The number of fused-ring (bicyclic) bond motifs is 1. The van der Waals surface area contributed by atoms with Crippen molar-refractivity contribution in [3.63, 3.8) is 0 Å². The topological polar surface area (TPSA) is 118 Å². The van der Waals surface area contributed by atoms with Crippen molar-refractivity contribution < 1.29 is 28.7 Å². The van der Waals surface area contributed by atoms with E-state index in [4.69, 9.17) is 0 Å². The van der Waals surface area contributed by atoms with E-state index in [9.17, 15) is 28.7 Å². The van der Waals surface area contributed by atoms with Gasteiger partial charge in [0.25, 0.3) is 0 Å². The average Bonchev–Trinajstić information content (AvgIpc) is 2.57. The molecule has 0 bridgehead atoms. The maximum absolute atomic E-state index is 11.5. The van der Waals surface area contributed by atoms with Gasteiger partial charge in [0.05, 0.1) is 0 Å². The maximum Gasteiger partial charge on any atom is 0.351 e. The van der Waals surface area contributed by atoms with Gasteiger partial charge in [-0.3, -0.25) is 9.13 Å². The lowest BCUT2D eigenvalue weighted by Crippen LogP contribution is -2.24. The van der Waals surface area contributed by atoms with Gasteiger partial charge in [-0.05, 0) is 17.7 Å². The van der Waals surface area contributed by atoms with Crippen LogP contribution in [0.3, 0.4) is 0 Å². The predicted octanol–water partition coefficient (Wildman–Crippen LogP) is 0.982. The predicted molar refractivity (Wildman–Crippen MR) is 80.2 cm³/mol. The second-order valence-corrected chi connectivity index (χ2v) is 8.29. The molecule has 10 heteroatoms. The van der Waals surface area contributed by atoms with Crippen LogP contribution < -0.4 is 0 Å². The van der Waals surface area contributed by atoms with E-state index >= 15 is 0 Å². The van der Waals surface area contributed by atoms with Gasteiger partial charge in [0.1, 0.15) is 0 Å². The molecule has 0 amide bonds. The average molecular weight is 421 g/mol. The summed E-state index contributed by atoms with van der Waals surface area (Å²) in [6.07, 6.45) is 5.29. The molecule has 108 valence electrons. The Hall–Kier alpha value is 0.0500. The highest BCUT2D eigenvalue weighted by molar-refractivity contribution is 14.0. The zero-order valence-corrected chi connectivity index (χ0v) is 14.0.